The van der Waals surface area contributed by atoms with Gasteiger partial charge in [0.15, 0.2) is 0 Å². The Morgan fingerprint density at radius 3 is 3.00 bits per heavy atom. The van der Waals surface area contributed by atoms with Gasteiger partial charge in [-0.2, -0.15) is 0 Å². The van der Waals surface area contributed by atoms with Crippen molar-refractivity contribution in [2.75, 3.05) is 0 Å². The van der Waals surface area contributed by atoms with Gasteiger partial charge < -0.3 is 10.3 Å². The van der Waals surface area contributed by atoms with E-state index in [1.165, 1.54) is 0 Å². The first-order valence-corrected chi connectivity index (χ1v) is 6.65. The molecule has 2 N–H and O–H groups in total. The summed E-state index contributed by atoms with van der Waals surface area (Å²) < 4.78 is 16.4. The van der Waals surface area contributed by atoms with Gasteiger partial charge in [0.1, 0.15) is 11.6 Å². The molecule has 96 valence electrons. The zero-order valence-corrected chi connectivity index (χ0v) is 11.7. The molecule has 1 aromatic carbocycles. The van der Waals surface area contributed by atoms with Crippen LogP contribution in [-0.2, 0) is 6.54 Å². The first-order chi connectivity index (χ1) is 8.65. The number of aryl methyl sites for hydroxylation is 1. The van der Waals surface area contributed by atoms with Crippen molar-refractivity contribution in [2.24, 2.45) is 5.73 Å². The molecule has 1 unspecified atom stereocenters. The summed E-state index contributed by atoms with van der Waals surface area (Å²) in [6, 6.07) is 4.57. The molecule has 0 saturated carbocycles. The summed E-state index contributed by atoms with van der Waals surface area (Å²) in [5, 5.41) is 0. The lowest BCUT2D eigenvalue weighted by atomic mass is 10.1. The topological polar surface area (TPSA) is 43.8 Å². The number of nitrogens with zero attached hydrogens (tertiary/aromatic N) is 2. The van der Waals surface area contributed by atoms with Gasteiger partial charge in [-0.3, -0.25) is 0 Å². The molecule has 0 aliphatic rings. The molecule has 1 aromatic heterocycles. The van der Waals surface area contributed by atoms with E-state index in [9.17, 15) is 4.39 Å². The van der Waals surface area contributed by atoms with Gasteiger partial charge in [-0.25, -0.2) is 9.37 Å². The van der Waals surface area contributed by atoms with E-state index in [1.807, 2.05) is 10.8 Å². The zero-order chi connectivity index (χ0) is 13.1. The Labute approximate surface area is 114 Å². The Bertz CT molecular complexity index is 539. The van der Waals surface area contributed by atoms with Crippen molar-refractivity contribution in [3.8, 4) is 0 Å². The third-order valence-corrected chi connectivity index (χ3v) is 3.42. The van der Waals surface area contributed by atoms with Crippen molar-refractivity contribution >= 4 is 15.9 Å². The molecule has 0 aliphatic heterocycles. The van der Waals surface area contributed by atoms with Crippen LogP contribution < -0.4 is 5.73 Å². The molecule has 5 heteroatoms. The lowest BCUT2D eigenvalue weighted by Crippen LogP contribution is -2.19. The molecule has 3 nitrogen and oxygen atoms in total. The maximum atomic E-state index is 14.0. The molecule has 1 heterocycles. The smallest absolute Gasteiger partial charge is 0.142 e. The zero-order valence-electron chi connectivity index (χ0n) is 10.1. The minimum Gasteiger partial charge on any atom is -0.333 e. The molecule has 1 atom stereocenters. The Kier molecular flexibility index (Phi) is 4.14. The number of aromatic nitrogens is 2. The van der Waals surface area contributed by atoms with E-state index in [0.717, 1.165) is 13.0 Å². The molecule has 2 aromatic rings. The highest BCUT2D eigenvalue weighted by Gasteiger charge is 2.19. The van der Waals surface area contributed by atoms with E-state index in [1.54, 1.807) is 24.4 Å². The van der Waals surface area contributed by atoms with Crippen molar-refractivity contribution in [3.05, 3.63) is 52.3 Å². The standard InChI is InChI=1S/C13H15BrFN3/c1-2-7-18-8-6-17-13(18)12(16)9-4-3-5-10(14)11(9)15/h3-6,8,12H,2,7,16H2,1H3. The predicted octanol–water partition coefficient (Wildman–Crippen LogP) is 3.24. The summed E-state index contributed by atoms with van der Waals surface area (Å²) in [6.07, 6.45) is 4.55. The van der Waals surface area contributed by atoms with Crippen LogP contribution in [0.4, 0.5) is 4.39 Å². The van der Waals surface area contributed by atoms with Crippen molar-refractivity contribution < 1.29 is 4.39 Å². The molecule has 0 bridgehead atoms. The van der Waals surface area contributed by atoms with Crippen LogP contribution in [0.1, 0.15) is 30.8 Å². The number of nitrogens with two attached hydrogens (primary N) is 1. The van der Waals surface area contributed by atoms with E-state index >= 15 is 0 Å². The number of hydrogen-bond acceptors (Lipinski definition) is 2. The van der Waals surface area contributed by atoms with Crippen molar-refractivity contribution in [1.29, 1.82) is 0 Å². The number of halogens is 2. The number of rotatable bonds is 4. The average Bonchev–Trinajstić information content (AvgIpc) is 2.80. The van der Waals surface area contributed by atoms with Crippen LogP contribution in [-0.4, -0.2) is 9.55 Å². The SMILES string of the molecule is CCCn1ccnc1C(N)c1cccc(Br)c1F. The first kappa shape index (κ1) is 13.2. The first-order valence-electron chi connectivity index (χ1n) is 5.85. The predicted molar refractivity (Wildman–Crippen MR) is 72.6 cm³/mol. The number of benzene rings is 1. The Hall–Kier alpha value is -1.20. The van der Waals surface area contributed by atoms with Crippen LogP contribution in [0.25, 0.3) is 0 Å². The summed E-state index contributed by atoms with van der Waals surface area (Å²) in [7, 11) is 0. The maximum absolute atomic E-state index is 14.0. The van der Waals surface area contributed by atoms with Gasteiger partial charge in [0.05, 0.1) is 10.5 Å². The Morgan fingerprint density at radius 1 is 1.50 bits per heavy atom. The fraction of sp³-hybridized carbons (Fsp3) is 0.308. The largest absolute Gasteiger partial charge is 0.333 e. The van der Waals surface area contributed by atoms with Crippen molar-refractivity contribution in [3.63, 3.8) is 0 Å². The van der Waals surface area contributed by atoms with Gasteiger partial charge >= 0.3 is 0 Å². The summed E-state index contributed by atoms with van der Waals surface area (Å²) in [5.74, 6) is 0.366. The minimum atomic E-state index is -0.552. The summed E-state index contributed by atoms with van der Waals surface area (Å²) in [5.41, 5.74) is 6.57. The quantitative estimate of drug-likeness (QED) is 0.942. The van der Waals surface area contributed by atoms with E-state index in [0.29, 0.717) is 15.9 Å². The van der Waals surface area contributed by atoms with Crippen LogP contribution in [0.3, 0.4) is 0 Å². The summed E-state index contributed by atoms with van der Waals surface area (Å²) in [6.45, 7) is 2.91. The molecule has 0 aliphatic carbocycles. The fourth-order valence-corrected chi connectivity index (χ4v) is 2.31. The average molecular weight is 312 g/mol. The molecular formula is C13H15BrFN3. The van der Waals surface area contributed by atoms with Gasteiger partial charge in [-0.1, -0.05) is 19.1 Å². The second-order valence-corrected chi connectivity index (χ2v) is 4.95. The highest BCUT2D eigenvalue weighted by atomic mass is 79.9. The number of hydrogen-bond donors (Lipinski definition) is 1. The van der Waals surface area contributed by atoms with Crippen LogP contribution in [0.5, 0.6) is 0 Å². The summed E-state index contributed by atoms with van der Waals surface area (Å²) >= 11 is 3.17. The molecule has 2 rings (SSSR count). The van der Waals surface area contributed by atoms with Crippen LogP contribution >= 0.6 is 15.9 Å². The second kappa shape index (κ2) is 5.63. The Morgan fingerprint density at radius 2 is 2.28 bits per heavy atom. The third kappa shape index (κ3) is 2.47. The van der Waals surface area contributed by atoms with Gasteiger partial charge in [0.2, 0.25) is 0 Å². The van der Waals surface area contributed by atoms with Gasteiger partial charge in [0.25, 0.3) is 0 Å². The normalized spacial score (nSPS) is 12.7. The maximum Gasteiger partial charge on any atom is 0.142 e. The second-order valence-electron chi connectivity index (χ2n) is 4.10. The van der Waals surface area contributed by atoms with Crippen LogP contribution in [0.2, 0.25) is 0 Å². The van der Waals surface area contributed by atoms with Gasteiger partial charge in [-0.05, 0) is 28.4 Å². The molecule has 0 fully saturated rings. The van der Waals surface area contributed by atoms with E-state index in [-0.39, 0.29) is 5.82 Å². The van der Waals surface area contributed by atoms with Crippen molar-refractivity contribution in [2.45, 2.75) is 25.9 Å². The monoisotopic (exact) mass is 311 g/mol. The van der Waals surface area contributed by atoms with Gasteiger partial charge in [0, 0.05) is 24.5 Å². The minimum absolute atomic E-state index is 0.323. The highest BCUT2D eigenvalue weighted by molar-refractivity contribution is 9.10. The molecule has 0 spiro atoms. The van der Waals surface area contributed by atoms with Crippen molar-refractivity contribution in [1.82, 2.24) is 9.55 Å². The lowest BCUT2D eigenvalue weighted by Gasteiger charge is -2.15. The van der Waals surface area contributed by atoms with Crippen LogP contribution in [0.15, 0.2) is 35.1 Å². The number of imidazole rings is 1. The molecule has 0 saturated heterocycles. The highest BCUT2D eigenvalue weighted by Crippen LogP contribution is 2.26. The van der Waals surface area contributed by atoms with E-state index in [4.69, 9.17) is 5.73 Å². The summed E-state index contributed by atoms with van der Waals surface area (Å²) in [4.78, 5) is 4.24. The van der Waals surface area contributed by atoms with Crippen LogP contribution in [0, 0.1) is 5.82 Å². The lowest BCUT2D eigenvalue weighted by molar-refractivity contribution is 0.567. The molecular weight excluding hydrogens is 297 g/mol. The molecule has 18 heavy (non-hydrogen) atoms. The van der Waals surface area contributed by atoms with E-state index < -0.39 is 6.04 Å². The third-order valence-electron chi connectivity index (χ3n) is 2.81. The molecule has 0 radical (unpaired) electrons. The van der Waals surface area contributed by atoms with E-state index in [2.05, 4.69) is 27.8 Å². The fourth-order valence-electron chi connectivity index (χ4n) is 1.93. The molecule has 0 amide bonds. The van der Waals surface area contributed by atoms with Gasteiger partial charge in [-0.15, -0.1) is 0 Å². The Balaban J connectivity index is 2.38.